The molecule has 0 unspecified atom stereocenters. The Morgan fingerprint density at radius 3 is 1.95 bits per heavy atom. The van der Waals surface area contributed by atoms with E-state index in [1.807, 2.05) is 0 Å². The third kappa shape index (κ3) is 3.23. The predicted octanol–water partition coefficient (Wildman–Crippen LogP) is 3.05. The molecule has 108 valence electrons. The summed E-state index contributed by atoms with van der Waals surface area (Å²) in [6, 6.07) is 0.651. The highest BCUT2D eigenvalue weighted by molar-refractivity contribution is 6.51. The summed E-state index contributed by atoms with van der Waals surface area (Å²) in [6.07, 6.45) is 2.28. The van der Waals surface area contributed by atoms with E-state index >= 15 is 0 Å². The van der Waals surface area contributed by atoms with Gasteiger partial charge in [0.25, 0.3) is 0 Å². The van der Waals surface area contributed by atoms with E-state index in [4.69, 9.17) is 9.31 Å². The van der Waals surface area contributed by atoms with Crippen molar-refractivity contribution in [2.45, 2.75) is 71.6 Å². The second-order valence-corrected chi connectivity index (χ2v) is 7.08. The summed E-state index contributed by atoms with van der Waals surface area (Å²) in [5, 5.41) is 0. The minimum atomic E-state index is -0.229. The topological polar surface area (TPSA) is 21.7 Å². The zero-order chi connectivity index (χ0) is 14.3. The number of rotatable bonds is 2. The molecule has 0 saturated carbocycles. The van der Waals surface area contributed by atoms with Gasteiger partial charge in [-0.05, 0) is 54.4 Å². The van der Waals surface area contributed by atoms with Crippen LogP contribution in [-0.4, -0.2) is 42.4 Å². The van der Waals surface area contributed by atoms with Crippen molar-refractivity contribution >= 4 is 7.12 Å². The molecule has 0 aliphatic carbocycles. The molecule has 2 heterocycles. The number of likely N-dealkylation sites (tertiary alicyclic amines) is 1. The molecule has 0 aromatic heterocycles. The van der Waals surface area contributed by atoms with E-state index in [0.29, 0.717) is 6.04 Å². The third-order valence-electron chi connectivity index (χ3n) is 4.81. The van der Waals surface area contributed by atoms with Gasteiger partial charge in [-0.15, -0.1) is 0 Å². The first-order valence-electron chi connectivity index (χ1n) is 7.50. The van der Waals surface area contributed by atoms with Gasteiger partial charge in [0, 0.05) is 19.1 Å². The van der Waals surface area contributed by atoms with Crippen molar-refractivity contribution in [1.82, 2.24) is 4.90 Å². The van der Waals surface area contributed by atoms with Gasteiger partial charge in [-0.3, -0.25) is 0 Å². The van der Waals surface area contributed by atoms with Crippen molar-refractivity contribution in [1.29, 1.82) is 0 Å². The monoisotopic (exact) mass is 265 g/mol. The molecule has 0 aromatic carbocycles. The molecular weight excluding hydrogens is 237 g/mol. The fourth-order valence-corrected chi connectivity index (χ4v) is 2.64. The van der Waals surface area contributed by atoms with E-state index in [1.54, 1.807) is 0 Å². The Morgan fingerprint density at radius 1 is 1.05 bits per heavy atom. The second-order valence-electron chi connectivity index (χ2n) is 7.08. The average Bonchev–Trinajstić information content (AvgIpc) is 2.47. The van der Waals surface area contributed by atoms with E-state index < -0.39 is 0 Å². The molecule has 4 heteroatoms. The number of hydrogen-bond donors (Lipinski definition) is 0. The van der Waals surface area contributed by atoms with Crippen LogP contribution in [0.4, 0.5) is 0 Å². The van der Waals surface area contributed by atoms with Crippen LogP contribution in [-0.2, 0) is 9.31 Å². The molecule has 2 fully saturated rings. The highest BCUT2D eigenvalue weighted by atomic mass is 16.7. The Morgan fingerprint density at radius 2 is 1.53 bits per heavy atom. The first-order valence-corrected chi connectivity index (χ1v) is 7.50. The molecule has 2 saturated heterocycles. The lowest BCUT2D eigenvalue weighted by Crippen LogP contribution is -2.41. The molecule has 0 radical (unpaired) electrons. The van der Waals surface area contributed by atoms with Gasteiger partial charge in [-0.1, -0.05) is 11.5 Å². The summed E-state index contributed by atoms with van der Waals surface area (Å²) in [6.45, 7) is 15.3. The molecule has 0 amide bonds. The molecule has 2 rings (SSSR count). The van der Waals surface area contributed by atoms with E-state index in [9.17, 15) is 0 Å². The van der Waals surface area contributed by atoms with Gasteiger partial charge >= 0.3 is 7.12 Å². The fourth-order valence-electron chi connectivity index (χ4n) is 2.64. The minimum absolute atomic E-state index is 0.175. The van der Waals surface area contributed by atoms with E-state index in [-0.39, 0.29) is 18.3 Å². The van der Waals surface area contributed by atoms with Crippen LogP contribution in [0.15, 0.2) is 11.5 Å². The Labute approximate surface area is 118 Å². The van der Waals surface area contributed by atoms with Crippen LogP contribution >= 0.6 is 0 Å². The van der Waals surface area contributed by atoms with E-state index in [1.165, 1.54) is 5.57 Å². The Balaban J connectivity index is 1.94. The highest BCUT2D eigenvalue weighted by Crippen LogP contribution is 2.37. The van der Waals surface area contributed by atoms with Crippen molar-refractivity contribution in [3.8, 4) is 0 Å². The molecule has 19 heavy (non-hydrogen) atoms. The standard InChI is InChI=1S/C15H28BNO2/c1-12(2)17-9-7-13(8-10-17)11-16-18-14(3,4)15(5,6)19-16/h11-12H,7-10H2,1-6H3. The SMILES string of the molecule is CC(C)N1CCC(=CB2OC(C)(C)C(C)(C)O2)CC1. The average molecular weight is 265 g/mol. The minimum Gasteiger partial charge on any atom is -0.400 e. The molecule has 3 nitrogen and oxygen atoms in total. The maximum atomic E-state index is 6.03. The van der Waals surface area contributed by atoms with Crippen molar-refractivity contribution in [2.24, 2.45) is 0 Å². The largest absolute Gasteiger partial charge is 0.487 e. The maximum Gasteiger partial charge on any atom is 0.487 e. The molecular formula is C15H28BNO2. The van der Waals surface area contributed by atoms with Crippen LogP contribution < -0.4 is 0 Å². The first-order chi connectivity index (χ1) is 8.71. The lowest BCUT2D eigenvalue weighted by molar-refractivity contribution is 0.00578. The summed E-state index contributed by atoms with van der Waals surface area (Å²) >= 11 is 0. The van der Waals surface area contributed by atoms with Gasteiger partial charge in [0.15, 0.2) is 0 Å². The van der Waals surface area contributed by atoms with Gasteiger partial charge < -0.3 is 14.2 Å². The van der Waals surface area contributed by atoms with Crippen LogP contribution in [0.25, 0.3) is 0 Å². The first kappa shape index (κ1) is 15.1. The molecule has 0 aromatic rings. The van der Waals surface area contributed by atoms with Crippen molar-refractivity contribution < 1.29 is 9.31 Å². The summed E-state index contributed by atoms with van der Waals surface area (Å²) in [4.78, 5) is 2.53. The van der Waals surface area contributed by atoms with Crippen molar-refractivity contribution in [2.75, 3.05) is 13.1 Å². The Kier molecular flexibility index (Phi) is 4.15. The van der Waals surface area contributed by atoms with E-state index in [2.05, 4.69) is 52.4 Å². The molecule has 0 atom stereocenters. The lowest BCUT2D eigenvalue weighted by atomic mass is 9.84. The number of nitrogens with zero attached hydrogens (tertiary/aromatic N) is 1. The number of hydrogen-bond acceptors (Lipinski definition) is 3. The second kappa shape index (κ2) is 5.23. The van der Waals surface area contributed by atoms with Gasteiger partial charge in [0.05, 0.1) is 11.2 Å². The van der Waals surface area contributed by atoms with Crippen LogP contribution in [0.5, 0.6) is 0 Å². The maximum absolute atomic E-state index is 6.03. The molecule has 2 aliphatic rings. The quantitative estimate of drug-likeness (QED) is 0.716. The van der Waals surface area contributed by atoms with Crippen molar-refractivity contribution in [3.05, 3.63) is 11.5 Å². The van der Waals surface area contributed by atoms with Gasteiger partial charge in [0.2, 0.25) is 0 Å². The van der Waals surface area contributed by atoms with Crippen molar-refractivity contribution in [3.63, 3.8) is 0 Å². The predicted molar refractivity (Wildman–Crippen MR) is 80.1 cm³/mol. The van der Waals surface area contributed by atoms with Crippen LogP contribution in [0, 0.1) is 0 Å². The summed E-state index contributed by atoms with van der Waals surface area (Å²) in [5.74, 6) is 2.20. The molecule has 0 N–H and O–H groups in total. The molecule has 2 aliphatic heterocycles. The van der Waals surface area contributed by atoms with Gasteiger partial charge in [-0.2, -0.15) is 0 Å². The zero-order valence-corrected chi connectivity index (χ0v) is 13.3. The summed E-state index contributed by atoms with van der Waals surface area (Å²) < 4.78 is 12.1. The van der Waals surface area contributed by atoms with Crippen LogP contribution in [0.1, 0.15) is 54.4 Å². The Hall–Kier alpha value is -0.315. The third-order valence-corrected chi connectivity index (χ3v) is 4.81. The fraction of sp³-hybridized carbons (Fsp3) is 0.867. The van der Waals surface area contributed by atoms with E-state index in [0.717, 1.165) is 25.9 Å². The van der Waals surface area contributed by atoms with Crippen LogP contribution in [0.3, 0.4) is 0 Å². The van der Waals surface area contributed by atoms with Crippen LogP contribution in [0.2, 0.25) is 0 Å². The smallest absolute Gasteiger partial charge is 0.400 e. The Bertz CT molecular complexity index is 337. The lowest BCUT2D eigenvalue weighted by Gasteiger charge is -2.32. The number of piperidine rings is 1. The summed E-state index contributed by atoms with van der Waals surface area (Å²) in [7, 11) is -0.175. The highest BCUT2D eigenvalue weighted by Gasteiger charge is 2.50. The zero-order valence-electron chi connectivity index (χ0n) is 13.3. The van der Waals surface area contributed by atoms with Gasteiger partial charge in [0.1, 0.15) is 0 Å². The van der Waals surface area contributed by atoms with Gasteiger partial charge in [-0.25, -0.2) is 0 Å². The molecule has 0 spiro atoms. The summed E-state index contributed by atoms with van der Waals surface area (Å²) in [5.41, 5.74) is 1.02. The normalized spacial score (nSPS) is 27.1. The molecule has 0 bridgehead atoms.